The summed E-state index contributed by atoms with van der Waals surface area (Å²) in [5.74, 6) is 0. The summed E-state index contributed by atoms with van der Waals surface area (Å²) in [5.41, 5.74) is 0.520. The molecule has 166 valence electrons. The Hall–Kier alpha value is -1.45. The predicted octanol–water partition coefficient (Wildman–Crippen LogP) is 3.89. The Bertz CT molecular complexity index is 815. The lowest BCUT2D eigenvalue weighted by molar-refractivity contribution is -0.335. The number of hydrogen-bond donors (Lipinski definition) is 1. The number of thioether (sulfide) groups is 1. The Morgan fingerprint density at radius 2 is 1.68 bits per heavy atom. The maximum absolute atomic E-state index is 11.4. The lowest BCUT2D eigenvalue weighted by Crippen LogP contribution is -2.62. The van der Waals surface area contributed by atoms with Gasteiger partial charge in [0.25, 0.3) is 0 Å². The number of fused-ring (bicyclic) bond motifs is 1. The molecule has 0 bridgehead atoms. The van der Waals surface area contributed by atoms with E-state index in [2.05, 4.69) is 0 Å². The van der Waals surface area contributed by atoms with Crippen LogP contribution in [0.25, 0.3) is 0 Å². The van der Waals surface area contributed by atoms with Gasteiger partial charge in [0.1, 0.15) is 29.9 Å². The lowest BCUT2D eigenvalue weighted by Gasteiger charge is -2.48. The van der Waals surface area contributed by atoms with Gasteiger partial charge in [-0.15, -0.1) is 0 Å². The summed E-state index contributed by atoms with van der Waals surface area (Å²) in [6.07, 6.45) is -0.320. The van der Waals surface area contributed by atoms with E-state index in [0.717, 1.165) is 29.7 Å². The third-order valence-corrected chi connectivity index (χ3v) is 6.98. The molecule has 3 saturated heterocycles. The van der Waals surface area contributed by atoms with Gasteiger partial charge in [-0.2, -0.15) is 0 Å². The highest BCUT2D eigenvalue weighted by molar-refractivity contribution is 7.99. The Kier molecular flexibility index (Phi) is 6.90. The number of aliphatic hydroxyl groups is 1. The first-order valence-electron chi connectivity index (χ1n) is 10.9. The van der Waals surface area contributed by atoms with Crippen molar-refractivity contribution in [3.63, 3.8) is 0 Å². The smallest absolute Gasteiger partial charge is 0.184 e. The van der Waals surface area contributed by atoms with Crippen LogP contribution in [0.5, 0.6) is 0 Å². The molecule has 0 amide bonds. The van der Waals surface area contributed by atoms with Crippen LogP contribution < -0.4 is 0 Å². The quantitative estimate of drug-likeness (QED) is 0.750. The van der Waals surface area contributed by atoms with E-state index in [4.69, 9.17) is 23.7 Å². The third kappa shape index (κ3) is 4.98. The van der Waals surface area contributed by atoms with Crippen molar-refractivity contribution in [3.05, 3.63) is 66.2 Å². The van der Waals surface area contributed by atoms with E-state index < -0.39 is 30.0 Å². The van der Waals surface area contributed by atoms with Crippen molar-refractivity contribution >= 4 is 11.8 Å². The Balaban J connectivity index is 1.35. The second-order valence-corrected chi connectivity index (χ2v) is 9.21. The van der Waals surface area contributed by atoms with Crippen LogP contribution in [0.1, 0.15) is 31.1 Å². The highest BCUT2D eigenvalue weighted by Crippen LogP contribution is 2.40. The van der Waals surface area contributed by atoms with Crippen molar-refractivity contribution in [1.29, 1.82) is 0 Å². The molecule has 3 aliphatic rings. The van der Waals surface area contributed by atoms with Gasteiger partial charge < -0.3 is 28.8 Å². The minimum absolute atomic E-state index is 0.336. The lowest BCUT2D eigenvalue weighted by atomic mass is 9.98. The van der Waals surface area contributed by atoms with Crippen LogP contribution in [0, 0.1) is 0 Å². The number of aliphatic hydroxyl groups excluding tert-OH is 1. The Morgan fingerprint density at radius 1 is 0.903 bits per heavy atom. The zero-order chi connectivity index (χ0) is 21.0. The summed E-state index contributed by atoms with van der Waals surface area (Å²) >= 11 is 1.54. The third-order valence-electron chi connectivity index (χ3n) is 5.82. The highest BCUT2D eigenvalue weighted by atomic mass is 32.2. The van der Waals surface area contributed by atoms with Gasteiger partial charge in [-0.05, 0) is 31.4 Å². The molecule has 5 rings (SSSR count). The van der Waals surface area contributed by atoms with E-state index >= 15 is 0 Å². The average molecular weight is 445 g/mol. The van der Waals surface area contributed by atoms with Crippen LogP contribution in [0.2, 0.25) is 0 Å². The van der Waals surface area contributed by atoms with Crippen LogP contribution in [0.15, 0.2) is 65.6 Å². The number of benzene rings is 2. The first-order valence-corrected chi connectivity index (χ1v) is 11.8. The molecule has 1 N–H and O–H groups in total. The molecule has 3 fully saturated rings. The molecule has 3 heterocycles. The normalized spacial score (nSPS) is 36.0. The Morgan fingerprint density at radius 3 is 2.42 bits per heavy atom. The van der Waals surface area contributed by atoms with Gasteiger partial charge in [-0.25, -0.2) is 0 Å². The van der Waals surface area contributed by atoms with Gasteiger partial charge in [0, 0.05) is 17.1 Å². The molecule has 31 heavy (non-hydrogen) atoms. The van der Waals surface area contributed by atoms with Crippen LogP contribution in [-0.4, -0.2) is 54.5 Å². The van der Waals surface area contributed by atoms with E-state index in [1.807, 2.05) is 60.7 Å². The highest BCUT2D eigenvalue weighted by Gasteiger charge is 2.51. The van der Waals surface area contributed by atoms with Crippen LogP contribution in [-0.2, 0) is 23.7 Å². The topological polar surface area (TPSA) is 66.4 Å². The monoisotopic (exact) mass is 444 g/mol. The molecule has 0 aromatic heterocycles. The first-order chi connectivity index (χ1) is 15.3. The van der Waals surface area contributed by atoms with Gasteiger partial charge in [0.2, 0.25) is 0 Å². The standard InChI is InChI=1S/C24H28O6S/c25-20-21-18(15-27-23(30-21)16-9-3-1-4-10-16)28-24(31-17-11-5-2-6-12-17)22(20)29-19-13-7-8-14-26-19/h1-6,9-12,18-25H,7-8,13-15H2/t18-,19?,20+,21+,22-,23?,24+/m1/s1. The zero-order valence-corrected chi connectivity index (χ0v) is 18.1. The summed E-state index contributed by atoms with van der Waals surface area (Å²) in [7, 11) is 0. The maximum Gasteiger partial charge on any atom is 0.184 e. The van der Waals surface area contributed by atoms with Gasteiger partial charge >= 0.3 is 0 Å². The molecule has 7 heteroatoms. The first kappa shape index (κ1) is 21.4. The molecule has 3 aliphatic heterocycles. The maximum atomic E-state index is 11.4. The summed E-state index contributed by atoms with van der Waals surface area (Å²) < 4.78 is 30.6. The van der Waals surface area contributed by atoms with E-state index in [-0.39, 0.29) is 12.4 Å². The van der Waals surface area contributed by atoms with E-state index in [0.29, 0.717) is 13.2 Å². The molecule has 2 aromatic carbocycles. The molecule has 6 nitrogen and oxygen atoms in total. The number of hydrogen-bond acceptors (Lipinski definition) is 7. The largest absolute Gasteiger partial charge is 0.387 e. The summed E-state index contributed by atoms with van der Waals surface area (Å²) in [5, 5.41) is 11.4. The number of ether oxygens (including phenoxy) is 5. The predicted molar refractivity (Wildman–Crippen MR) is 115 cm³/mol. The second kappa shape index (κ2) is 10.0. The molecular weight excluding hydrogens is 416 g/mol. The van der Waals surface area contributed by atoms with Crippen LogP contribution in [0.3, 0.4) is 0 Å². The van der Waals surface area contributed by atoms with E-state index in [1.54, 1.807) is 11.8 Å². The molecule has 0 spiro atoms. The van der Waals surface area contributed by atoms with Gasteiger partial charge in [0.15, 0.2) is 12.6 Å². The fourth-order valence-electron chi connectivity index (χ4n) is 4.21. The molecule has 0 radical (unpaired) electrons. The van der Waals surface area contributed by atoms with Crippen molar-refractivity contribution in [2.75, 3.05) is 13.2 Å². The van der Waals surface area contributed by atoms with Crippen molar-refractivity contribution in [3.8, 4) is 0 Å². The zero-order valence-electron chi connectivity index (χ0n) is 17.2. The average Bonchev–Trinajstić information content (AvgIpc) is 2.83. The molecule has 0 aliphatic carbocycles. The molecular formula is C24H28O6S. The summed E-state index contributed by atoms with van der Waals surface area (Å²) in [6.45, 7) is 1.02. The molecule has 2 unspecified atom stereocenters. The number of rotatable bonds is 5. The Labute approximate surface area is 186 Å². The molecule has 7 atom stereocenters. The minimum atomic E-state index is -0.861. The molecule has 0 saturated carbocycles. The van der Waals surface area contributed by atoms with Crippen LogP contribution >= 0.6 is 11.8 Å². The van der Waals surface area contributed by atoms with Crippen LogP contribution in [0.4, 0.5) is 0 Å². The van der Waals surface area contributed by atoms with Crippen molar-refractivity contribution in [1.82, 2.24) is 0 Å². The van der Waals surface area contributed by atoms with E-state index in [1.165, 1.54) is 0 Å². The van der Waals surface area contributed by atoms with Crippen molar-refractivity contribution in [2.24, 2.45) is 0 Å². The minimum Gasteiger partial charge on any atom is -0.387 e. The van der Waals surface area contributed by atoms with Gasteiger partial charge in [-0.3, -0.25) is 0 Å². The summed E-state index contributed by atoms with van der Waals surface area (Å²) in [4.78, 5) is 1.05. The fourth-order valence-corrected chi connectivity index (χ4v) is 5.35. The van der Waals surface area contributed by atoms with E-state index in [9.17, 15) is 5.11 Å². The van der Waals surface area contributed by atoms with Crippen molar-refractivity contribution in [2.45, 2.75) is 66.6 Å². The SMILES string of the molecule is O[C@H]1[C@H]2OC(c3ccccc3)OC[C@H]2O[C@@H](Sc2ccccc2)[C@@H]1OC1CCCCO1. The fraction of sp³-hybridized carbons (Fsp3) is 0.500. The van der Waals surface area contributed by atoms with Crippen molar-refractivity contribution < 1.29 is 28.8 Å². The molecule has 2 aromatic rings. The van der Waals surface area contributed by atoms with Gasteiger partial charge in [-0.1, -0.05) is 60.3 Å². The summed E-state index contributed by atoms with van der Waals surface area (Å²) in [6, 6.07) is 19.8. The van der Waals surface area contributed by atoms with Gasteiger partial charge in [0.05, 0.1) is 6.61 Å². The second-order valence-electron chi connectivity index (χ2n) is 8.04.